The van der Waals surface area contributed by atoms with Crippen molar-refractivity contribution in [2.75, 3.05) is 57.7 Å². The van der Waals surface area contributed by atoms with Gasteiger partial charge < -0.3 is 19.0 Å². The first kappa shape index (κ1) is 21.8. The van der Waals surface area contributed by atoms with Gasteiger partial charge in [0.15, 0.2) is 0 Å². The fourth-order valence-electron chi connectivity index (χ4n) is 3.81. The van der Waals surface area contributed by atoms with Crippen molar-refractivity contribution in [1.29, 1.82) is 0 Å². The van der Waals surface area contributed by atoms with E-state index >= 15 is 0 Å². The molecule has 160 valence electrons. The number of nitrogens with zero attached hydrogens (tertiary/aromatic N) is 3. The summed E-state index contributed by atoms with van der Waals surface area (Å²) in [6.07, 6.45) is 1.62. The topological polar surface area (TPSA) is 49.9 Å². The second-order valence-corrected chi connectivity index (χ2v) is 8.68. The molecule has 0 radical (unpaired) electrons. The monoisotopic (exact) mass is 410 g/mol. The van der Waals surface area contributed by atoms with Gasteiger partial charge in [-0.2, -0.15) is 0 Å². The van der Waals surface area contributed by atoms with Crippen LogP contribution in [0, 0.1) is 0 Å². The molecule has 30 heavy (non-hydrogen) atoms. The highest BCUT2D eigenvalue weighted by Gasteiger charge is 2.32. The van der Waals surface area contributed by atoms with Crippen LogP contribution in [0.15, 0.2) is 42.5 Å². The number of fused-ring (bicyclic) bond motifs is 2. The fourth-order valence-corrected chi connectivity index (χ4v) is 3.81. The Morgan fingerprint density at radius 3 is 2.13 bits per heavy atom. The number of amides is 2. The van der Waals surface area contributed by atoms with Gasteiger partial charge in [0.1, 0.15) is 5.75 Å². The number of hydrogen-bond acceptors (Lipinski definition) is 3. The molecule has 0 N–H and O–H groups in total. The average Bonchev–Trinajstić information content (AvgIpc) is 2.72. The van der Waals surface area contributed by atoms with Gasteiger partial charge in [0.25, 0.3) is 11.8 Å². The summed E-state index contributed by atoms with van der Waals surface area (Å²) in [5.41, 5.74) is 2.36. The zero-order chi connectivity index (χ0) is 21.9. The van der Waals surface area contributed by atoms with Crippen LogP contribution in [0.1, 0.15) is 40.5 Å². The predicted octanol–water partition coefficient (Wildman–Crippen LogP) is 3.81. The van der Waals surface area contributed by atoms with Gasteiger partial charge in [0.2, 0.25) is 0 Å². The van der Waals surface area contributed by atoms with Crippen molar-refractivity contribution in [3.8, 4) is 5.75 Å². The molecular weight excluding hydrogens is 378 g/mol. The van der Waals surface area contributed by atoms with E-state index in [0.717, 1.165) is 23.9 Å². The van der Waals surface area contributed by atoms with Crippen LogP contribution in [-0.4, -0.2) is 64.2 Å². The molecule has 2 aromatic carbocycles. The Morgan fingerprint density at radius 1 is 0.867 bits per heavy atom. The van der Waals surface area contributed by atoms with Gasteiger partial charge in [0, 0.05) is 25.6 Å². The van der Waals surface area contributed by atoms with E-state index in [1.54, 1.807) is 35.1 Å². The zero-order valence-electron chi connectivity index (χ0n) is 18.6. The molecule has 0 atom stereocenters. The molecule has 1 aliphatic heterocycles. The molecule has 0 aliphatic carbocycles. The highest BCUT2D eigenvalue weighted by molar-refractivity contribution is 6.20. The molecule has 1 heterocycles. The van der Waals surface area contributed by atoms with Crippen LogP contribution < -0.4 is 14.5 Å². The maximum absolute atomic E-state index is 13.7. The van der Waals surface area contributed by atoms with Crippen molar-refractivity contribution in [3.63, 3.8) is 0 Å². The standard InChI is InChI=1S/C24H32N3O3/c1-6-14-25-21-11-8-7-10-19(21)23(28)26(15-9-16-27(2,3)4)22-17-18(30-5)12-13-20(22)24(25)29/h7-8,10-13,17H,6,9,14-16H2,1-5H3/q+1. The second-order valence-electron chi connectivity index (χ2n) is 8.68. The Hall–Kier alpha value is -2.86. The summed E-state index contributed by atoms with van der Waals surface area (Å²) in [6.45, 7) is 4.03. The first-order valence-electron chi connectivity index (χ1n) is 10.5. The van der Waals surface area contributed by atoms with Crippen LogP contribution in [0.2, 0.25) is 0 Å². The van der Waals surface area contributed by atoms with Gasteiger partial charge >= 0.3 is 0 Å². The van der Waals surface area contributed by atoms with Gasteiger partial charge in [-0.3, -0.25) is 9.59 Å². The summed E-state index contributed by atoms with van der Waals surface area (Å²) in [7, 11) is 7.99. The SMILES string of the molecule is CCCN1C(=O)c2ccc(OC)cc2N(CCC[N+](C)(C)C)C(=O)c2ccccc21. The second kappa shape index (κ2) is 8.88. The molecule has 0 bridgehead atoms. The maximum atomic E-state index is 13.7. The Morgan fingerprint density at radius 2 is 1.50 bits per heavy atom. The van der Waals surface area contributed by atoms with E-state index in [1.807, 2.05) is 31.2 Å². The zero-order valence-corrected chi connectivity index (χ0v) is 18.6. The molecule has 2 aromatic rings. The molecule has 0 unspecified atom stereocenters. The number of para-hydroxylation sites is 1. The van der Waals surface area contributed by atoms with E-state index in [2.05, 4.69) is 21.1 Å². The van der Waals surface area contributed by atoms with Crippen LogP contribution in [0.25, 0.3) is 0 Å². The van der Waals surface area contributed by atoms with Crippen molar-refractivity contribution in [2.45, 2.75) is 19.8 Å². The molecule has 2 amide bonds. The number of quaternary nitrogens is 1. The Kier molecular flexibility index (Phi) is 6.46. The first-order valence-corrected chi connectivity index (χ1v) is 10.5. The Labute approximate surface area is 179 Å². The predicted molar refractivity (Wildman–Crippen MR) is 121 cm³/mol. The molecular formula is C24H32N3O3+. The number of benzene rings is 2. The van der Waals surface area contributed by atoms with E-state index in [0.29, 0.717) is 41.3 Å². The average molecular weight is 411 g/mol. The normalized spacial score (nSPS) is 14.2. The number of rotatable bonds is 7. The lowest BCUT2D eigenvalue weighted by atomic mass is 10.0. The van der Waals surface area contributed by atoms with Gasteiger partial charge in [-0.1, -0.05) is 19.1 Å². The lowest BCUT2D eigenvalue weighted by Gasteiger charge is -2.34. The number of hydrogen-bond donors (Lipinski definition) is 0. The highest BCUT2D eigenvalue weighted by Crippen LogP contribution is 2.35. The van der Waals surface area contributed by atoms with Crippen LogP contribution >= 0.6 is 0 Å². The smallest absolute Gasteiger partial charge is 0.260 e. The molecule has 0 saturated carbocycles. The van der Waals surface area contributed by atoms with Crippen molar-refractivity contribution in [3.05, 3.63) is 53.6 Å². The summed E-state index contributed by atoms with van der Waals surface area (Å²) >= 11 is 0. The molecule has 0 saturated heterocycles. The maximum Gasteiger partial charge on any atom is 0.260 e. The third kappa shape index (κ3) is 4.49. The Balaban J connectivity index is 2.14. The van der Waals surface area contributed by atoms with Gasteiger partial charge in [-0.25, -0.2) is 0 Å². The first-order chi connectivity index (χ1) is 14.3. The number of carbonyl (C=O) groups is 2. The minimum atomic E-state index is -0.0916. The molecule has 0 spiro atoms. The number of methoxy groups -OCH3 is 1. The summed E-state index contributed by atoms with van der Waals surface area (Å²) in [5.74, 6) is 0.447. The number of ether oxygens (including phenoxy) is 1. The number of carbonyl (C=O) groups excluding carboxylic acids is 2. The van der Waals surface area contributed by atoms with Crippen LogP contribution in [-0.2, 0) is 0 Å². The van der Waals surface area contributed by atoms with Crippen LogP contribution in [0.3, 0.4) is 0 Å². The molecule has 6 nitrogen and oxygen atoms in total. The lowest BCUT2D eigenvalue weighted by molar-refractivity contribution is -0.870. The molecule has 3 rings (SSSR count). The number of anilines is 2. The minimum Gasteiger partial charge on any atom is -0.497 e. The van der Waals surface area contributed by atoms with Crippen molar-refractivity contribution in [1.82, 2.24) is 0 Å². The highest BCUT2D eigenvalue weighted by atomic mass is 16.5. The quantitative estimate of drug-likeness (QED) is 0.652. The van der Waals surface area contributed by atoms with E-state index in [1.165, 1.54) is 0 Å². The third-order valence-corrected chi connectivity index (χ3v) is 5.30. The molecule has 1 aliphatic rings. The fraction of sp³-hybridized carbons (Fsp3) is 0.417. The minimum absolute atomic E-state index is 0.0879. The molecule has 0 fully saturated rings. The summed E-state index contributed by atoms with van der Waals surface area (Å²) in [6, 6.07) is 12.8. The van der Waals surface area contributed by atoms with Gasteiger partial charge in [-0.15, -0.1) is 0 Å². The largest absolute Gasteiger partial charge is 0.497 e. The lowest BCUT2D eigenvalue weighted by Crippen LogP contribution is -2.42. The summed E-state index contributed by atoms with van der Waals surface area (Å²) in [5, 5.41) is 0. The van der Waals surface area contributed by atoms with Crippen molar-refractivity contribution < 1.29 is 18.8 Å². The van der Waals surface area contributed by atoms with E-state index in [-0.39, 0.29) is 11.8 Å². The summed E-state index contributed by atoms with van der Waals surface area (Å²) < 4.78 is 6.22. The summed E-state index contributed by atoms with van der Waals surface area (Å²) in [4.78, 5) is 30.7. The van der Waals surface area contributed by atoms with E-state index in [9.17, 15) is 9.59 Å². The van der Waals surface area contributed by atoms with Crippen LogP contribution in [0.5, 0.6) is 5.75 Å². The van der Waals surface area contributed by atoms with Gasteiger partial charge in [0.05, 0.1) is 57.3 Å². The van der Waals surface area contributed by atoms with Crippen molar-refractivity contribution >= 4 is 23.2 Å². The van der Waals surface area contributed by atoms with E-state index < -0.39 is 0 Å². The van der Waals surface area contributed by atoms with E-state index in [4.69, 9.17) is 4.74 Å². The van der Waals surface area contributed by atoms with Crippen LogP contribution in [0.4, 0.5) is 11.4 Å². The van der Waals surface area contributed by atoms with Gasteiger partial charge in [-0.05, 0) is 30.7 Å². The molecule has 0 aromatic heterocycles. The van der Waals surface area contributed by atoms with Crippen molar-refractivity contribution in [2.24, 2.45) is 0 Å². The molecule has 6 heteroatoms. The third-order valence-electron chi connectivity index (χ3n) is 5.30. The Bertz CT molecular complexity index is 934.